The summed E-state index contributed by atoms with van der Waals surface area (Å²) in [6.45, 7) is 3.45. The van der Waals surface area contributed by atoms with Crippen molar-refractivity contribution < 1.29 is 0 Å². The molecule has 0 unspecified atom stereocenters. The molecule has 0 aromatic heterocycles. The highest BCUT2D eigenvalue weighted by Crippen LogP contribution is 2.32. The normalized spacial score (nSPS) is 24.8. The minimum atomic E-state index is 0. The zero-order valence-corrected chi connectivity index (χ0v) is 8.16. The highest BCUT2D eigenvalue weighted by molar-refractivity contribution is 5.85. The van der Waals surface area contributed by atoms with Crippen molar-refractivity contribution in [1.82, 2.24) is 4.90 Å². The van der Waals surface area contributed by atoms with Crippen molar-refractivity contribution in [2.45, 2.75) is 18.9 Å². The lowest BCUT2D eigenvalue weighted by Crippen LogP contribution is -2.50. The number of halogens is 2. The maximum atomic E-state index is 5.49. The minimum absolute atomic E-state index is 0. The van der Waals surface area contributed by atoms with E-state index >= 15 is 0 Å². The first-order valence-electron chi connectivity index (χ1n) is 3.84. The molecule has 4 heteroatoms. The van der Waals surface area contributed by atoms with Crippen molar-refractivity contribution in [1.29, 1.82) is 0 Å². The average Bonchev–Trinajstić information content (AvgIpc) is 2.46. The third-order valence-electron chi connectivity index (χ3n) is 2.38. The van der Waals surface area contributed by atoms with Crippen LogP contribution in [0, 0.1) is 5.92 Å². The molecule has 2 rings (SSSR count). The molecule has 0 amide bonds. The number of hydrogen-bond donors (Lipinski definition) is 1. The summed E-state index contributed by atoms with van der Waals surface area (Å²) in [4.78, 5) is 2.55. The average molecular weight is 199 g/mol. The molecule has 2 fully saturated rings. The van der Waals surface area contributed by atoms with Crippen LogP contribution in [0.5, 0.6) is 0 Å². The second-order valence-corrected chi connectivity index (χ2v) is 3.29. The van der Waals surface area contributed by atoms with E-state index in [1.54, 1.807) is 0 Å². The topological polar surface area (TPSA) is 29.3 Å². The summed E-state index contributed by atoms with van der Waals surface area (Å²) in [7, 11) is 0. The van der Waals surface area contributed by atoms with Gasteiger partial charge in [0.15, 0.2) is 0 Å². The fraction of sp³-hybridized carbons (Fsp3) is 1.00. The molecule has 2 nitrogen and oxygen atoms in total. The predicted octanol–water partition coefficient (Wildman–Crippen LogP) is 0.883. The van der Waals surface area contributed by atoms with Gasteiger partial charge < -0.3 is 5.73 Å². The van der Waals surface area contributed by atoms with E-state index in [4.69, 9.17) is 5.73 Å². The molecule has 68 valence electrons. The van der Waals surface area contributed by atoms with Crippen LogP contribution in [0.25, 0.3) is 0 Å². The van der Waals surface area contributed by atoms with E-state index in [1.165, 1.54) is 25.9 Å². The summed E-state index contributed by atoms with van der Waals surface area (Å²) >= 11 is 0. The summed E-state index contributed by atoms with van der Waals surface area (Å²) < 4.78 is 0. The Morgan fingerprint density at radius 1 is 1.18 bits per heavy atom. The van der Waals surface area contributed by atoms with Crippen LogP contribution in [0.2, 0.25) is 0 Å². The highest BCUT2D eigenvalue weighted by Gasteiger charge is 2.36. The lowest BCUT2D eigenvalue weighted by atomic mass is 10.0. The van der Waals surface area contributed by atoms with E-state index in [2.05, 4.69) is 4.90 Å². The molecule has 0 bridgehead atoms. The molecular formula is C7H16Cl2N2. The zero-order chi connectivity index (χ0) is 6.27. The largest absolute Gasteiger partial charge is 0.330 e. The van der Waals surface area contributed by atoms with Crippen LogP contribution >= 0.6 is 24.8 Å². The van der Waals surface area contributed by atoms with E-state index in [0.29, 0.717) is 0 Å². The summed E-state index contributed by atoms with van der Waals surface area (Å²) in [6.07, 6.45) is 2.88. The molecule has 1 saturated heterocycles. The molecule has 1 aliphatic heterocycles. The van der Waals surface area contributed by atoms with Crippen molar-refractivity contribution in [3.05, 3.63) is 0 Å². The molecule has 2 aliphatic rings. The smallest absolute Gasteiger partial charge is 0.00966 e. The van der Waals surface area contributed by atoms with Crippen molar-refractivity contribution in [2.75, 3.05) is 19.6 Å². The molecule has 1 saturated carbocycles. The Morgan fingerprint density at radius 3 is 2.09 bits per heavy atom. The molecular weight excluding hydrogens is 183 g/mol. The van der Waals surface area contributed by atoms with Gasteiger partial charge in [-0.15, -0.1) is 24.8 Å². The molecule has 0 spiro atoms. The van der Waals surface area contributed by atoms with Crippen LogP contribution in [-0.2, 0) is 0 Å². The summed E-state index contributed by atoms with van der Waals surface area (Å²) in [5, 5.41) is 0. The van der Waals surface area contributed by atoms with Gasteiger partial charge in [0.25, 0.3) is 0 Å². The van der Waals surface area contributed by atoms with Crippen LogP contribution in [0.4, 0.5) is 0 Å². The number of hydrogen-bond acceptors (Lipinski definition) is 2. The highest BCUT2D eigenvalue weighted by atomic mass is 35.5. The van der Waals surface area contributed by atoms with Gasteiger partial charge in [-0.2, -0.15) is 0 Å². The predicted molar refractivity (Wildman–Crippen MR) is 51.6 cm³/mol. The fourth-order valence-corrected chi connectivity index (χ4v) is 1.50. The first kappa shape index (κ1) is 11.5. The fourth-order valence-electron chi connectivity index (χ4n) is 1.50. The van der Waals surface area contributed by atoms with Crippen LogP contribution in [0.3, 0.4) is 0 Å². The number of nitrogens with two attached hydrogens (primary N) is 1. The summed E-state index contributed by atoms with van der Waals surface area (Å²) in [6, 6.07) is 0.966. The zero-order valence-electron chi connectivity index (χ0n) is 6.53. The van der Waals surface area contributed by atoms with Gasteiger partial charge in [-0.05, 0) is 25.3 Å². The van der Waals surface area contributed by atoms with Gasteiger partial charge in [-0.1, -0.05) is 0 Å². The Kier molecular flexibility index (Phi) is 4.71. The standard InChI is InChI=1S/C7H14N2.2ClH/c8-3-6-4-9(5-6)7-1-2-7;;/h6-7H,1-5,8H2;2*1H. The van der Waals surface area contributed by atoms with Crippen molar-refractivity contribution in [3.63, 3.8) is 0 Å². The second-order valence-electron chi connectivity index (χ2n) is 3.29. The van der Waals surface area contributed by atoms with Crippen LogP contribution in [0.1, 0.15) is 12.8 Å². The molecule has 0 radical (unpaired) electrons. The van der Waals surface area contributed by atoms with Crippen LogP contribution in [-0.4, -0.2) is 30.6 Å². The van der Waals surface area contributed by atoms with Gasteiger partial charge in [-0.3, -0.25) is 4.90 Å². The Hall–Kier alpha value is 0.500. The van der Waals surface area contributed by atoms with Gasteiger partial charge in [-0.25, -0.2) is 0 Å². The van der Waals surface area contributed by atoms with Crippen molar-refractivity contribution >= 4 is 24.8 Å². The van der Waals surface area contributed by atoms with Crippen LogP contribution in [0.15, 0.2) is 0 Å². The number of nitrogens with zero attached hydrogens (tertiary/aromatic N) is 1. The van der Waals surface area contributed by atoms with Gasteiger partial charge in [0.05, 0.1) is 0 Å². The van der Waals surface area contributed by atoms with Crippen molar-refractivity contribution in [3.8, 4) is 0 Å². The SMILES string of the molecule is Cl.Cl.NCC1CN(C2CC2)C1. The molecule has 11 heavy (non-hydrogen) atoms. The molecule has 0 aromatic rings. The first-order valence-corrected chi connectivity index (χ1v) is 3.84. The van der Waals surface area contributed by atoms with E-state index in [0.717, 1.165) is 18.5 Å². The first-order chi connectivity index (χ1) is 4.40. The number of likely N-dealkylation sites (tertiary alicyclic amines) is 1. The molecule has 1 heterocycles. The van der Waals surface area contributed by atoms with Gasteiger partial charge in [0.1, 0.15) is 0 Å². The maximum Gasteiger partial charge on any atom is 0.00966 e. The molecule has 2 N–H and O–H groups in total. The minimum Gasteiger partial charge on any atom is -0.330 e. The Morgan fingerprint density at radius 2 is 1.73 bits per heavy atom. The third kappa shape index (κ3) is 2.48. The lowest BCUT2D eigenvalue weighted by molar-refractivity contribution is 0.0973. The van der Waals surface area contributed by atoms with E-state index in [1.807, 2.05) is 0 Å². The van der Waals surface area contributed by atoms with E-state index < -0.39 is 0 Å². The molecule has 0 aromatic carbocycles. The van der Waals surface area contributed by atoms with E-state index in [-0.39, 0.29) is 24.8 Å². The Balaban J connectivity index is 0.000000500. The summed E-state index contributed by atoms with van der Waals surface area (Å²) in [5.41, 5.74) is 5.49. The summed E-state index contributed by atoms with van der Waals surface area (Å²) in [5.74, 6) is 0.825. The quantitative estimate of drug-likeness (QED) is 0.715. The monoisotopic (exact) mass is 198 g/mol. The molecule has 1 aliphatic carbocycles. The van der Waals surface area contributed by atoms with Gasteiger partial charge >= 0.3 is 0 Å². The van der Waals surface area contributed by atoms with Crippen molar-refractivity contribution in [2.24, 2.45) is 11.7 Å². The van der Waals surface area contributed by atoms with Crippen LogP contribution < -0.4 is 5.73 Å². The second kappa shape index (κ2) is 4.51. The Labute approximate surface area is 80.3 Å². The lowest BCUT2D eigenvalue weighted by Gasteiger charge is -2.38. The van der Waals surface area contributed by atoms with E-state index in [9.17, 15) is 0 Å². The molecule has 0 atom stereocenters. The maximum absolute atomic E-state index is 5.49. The third-order valence-corrected chi connectivity index (χ3v) is 2.38. The number of rotatable bonds is 2. The Bertz CT molecular complexity index is 111. The van der Waals surface area contributed by atoms with Gasteiger partial charge in [0, 0.05) is 19.1 Å². The van der Waals surface area contributed by atoms with Gasteiger partial charge in [0.2, 0.25) is 0 Å².